The molecule has 0 unspecified atom stereocenters. The number of Topliss-reactive ketones (excluding diaryl/α,β-unsaturated/α-hetero) is 1. The zero-order valence-corrected chi connectivity index (χ0v) is 14.0. The van der Waals surface area contributed by atoms with Crippen molar-refractivity contribution < 1.29 is 23.5 Å². The average molecular weight is 345 g/mol. The first kappa shape index (κ1) is 18.4. The number of nitrogens with one attached hydrogen (secondary N) is 1. The molecule has 0 spiro atoms. The number of carbonyl (C=O) groups excluding carboxylic acids is 2. The van der Waals surface area contributed by atoms with Gasteiger partial charge >= 0.3 is 0 Å². The Morgan fingerprint density at radius 1 is 0.960 bits per heavy atom. The van der Waals surface area contributed by atoms with Crippen LogP contribution in [0.25, 0.3) is 0 Å². The van der Waals surface area contributed by atoms with Crippen molar-refractivity contribution >= 4 is 11.7 Å². The minimum atomic E-state index is -0.397. The van der Waals surface area contributed by atoms with Crippen molar-refractivity contribution in [2.45, 2.75) is 12.8 Å². The molecule has 25 heavy (non-hydrogen) atoms. The van der Waals surface area contributed by atoms with Crippen molar-refractivity contribution in [2.75, 3.05) is 20.3 Å². The Hall–Kier alpha value is -2.89. The first-order valence-electron chi connectivity index (χ1n) is 7.91. The number of hydrogen-bond donors (Lipinski definition) is 1. The fraction of sp³-hybridized carbons (Fsp3) is 0.263. The molecule has 2 aromatic rings. The highest BCUT2D eigenvalue weighted by atomic mass is 19.1. The summed E-state index contributed by atoms with van der Waals surface area (Å²) < 4.78 is 23.3. The Morgan fingerprint density at radius 3 is 2.24 bits per heavy atom. The van der Waals surface area contributed by atoms with Crippen LogP contribution < -0.4 is 14.8 Å². The van der Waals surface area contributed by atoms with Crippen LogP contribution in [0.3, 0.4) is 0 Å². The molecule has 2 rings (SSSR count). The summed E-state index contributed by atoms with van der Waals surface area (Å²) in [4.78, 5) is 23.6. The minimum absolute atomic E-state index is 0.0802. The standard InChI is InChI=1S/C19H20FNO4/c1-24-16-6-8-17(9-7-16)25-13-12-21-19(23)11-10-18(22)14-2-4-15(20)5-3-14/h2-9H,10-13H2,1H3,(H,21,23). The molecule has 0 saturated heterocycles. The molecule has 5 nitrogen and oxygen atoms in total. The first-order chi connectivity index (χ1) is 12.1. The van der Waals surface area contributed by atoms with Gasteiger partial charge in [0.05, 0.1) is 13.7 Å². The monoisotopic (exact) mass is 345 g/mol. The lowest BCUT2D eigenvalue weighted by atomic mass is 10.1. The molecule has 0 aliphatic rings. The van der Waals surface area contributed by atoms with Gasteiger partial charge in [-0.2, -0.15) is 0 Å². The molecule has 2 aromatic carbocycles. The third kappa shape index (κ3) is 6.25. The predicted octanol–water partition coefficient (Wildman–Crippen LogP) is 2.99. The highest BCUT2D eigenvalue weighted by Crippen LogP contribution is 2.16. The van der Waals surface area contributed by atoms with Crippen molar-refractivity contribution in [1.29, 1.82) is 0 Å². The van der Waals surface area contributed by atoms with Crippen LogP contribution in [0.4, 0.5) is 4.39 Å². The van der Waals surface area contributed by atoms with Gasteiger partial charge in [0.2, 0.25) is 5.91 Å². The maximum absolute atomic E-state index is 12.8. The quantitative estimate of drug-likeness (QED) is 0.560. The Bertz CT molecular complexity index is 698. The molecule has 0 aliphatic carbocycles. The fourth-order valence-corrected chi connectivity index (χ4v) is 2.13. The van der Waals surface area contributed by atoms with Crippen molar-refractivity contribution in [3.8, 4) is 11.5 Å². The van der Waals surface area contributed by atoms with Gasteiger partial charge in [-0.1, -0.05) is 0 Å². The maximum Gasteiger partial charge on any atom is 0.220 e. The van der Waals surface area contributed by atoms with E-state index in [4.69, 9.17) is 9.47 Å². The molecule has 0 aliphatic heterocycles. The molecule has 0 aromatic heterocycles. The van der Waals surface area contributed by atoms with Gasteiger partial charge in [-0.15, -0.1) is 0 Å². The van der Waals surface area contributed by atoms with Crippen LogP contribution in [-0.4, -0.2) is 32.0 Å². The van der Waals surface area contributed by atoms with Gasteiger partial charge < -0.3 is 14.8 Å². The number of ether oxygens (including phenoxy) is 2. The topological polar surface area (TPSA) is 64.6 Å². The highest BCUT2D eigenvalue weighted by molar-refractivity contribution is 5.97. The summed E-state index contributed by atoms with van der Waals surface area (Å²) in [6.45, 7) is 0.666. The van der Waals surface area contributed by atoms with Crippen molar-refractivity contribution in [3.63, 3.8) is 0 Å². The van der Waals surface area contributed by atoms with E-state index in [-0.39, 0.29) is 24.5 Å². The van der Waals surface area contributed by atoms with Crippen LogP contribution in [0.5, 0.6) is 11.5 Å². The number of rotatable bonds is 9. The van der Waals surface area contributed by atoms with E-state index in [1.807, 2.05) is 0 Å². The zero-order chi connectivity index (χ0) is 18.1. The lowest BCUT2D eigenvalue weighted by Crippen LogP contribution is -2.28. The second kappa shape index (κ2) is 9.42. The molecule has 0 atom stereocenters. The van der Waals surface area contributed by atoms with E-state index >= 15 is 0 Å². The van der Waals surface area contributed by atoms with Crippen LogP contribution in [0.1, 0.15) is 23.2 Å². The summed E-state index contributed by atoms with van der Waals surface area (Å²) >= 11 is 0. The van der Waals surface area contributed by atoms with Crippen LogP contribution in [0.15, 0.2) is 48.5 Å². The van der Waals surface area contributed by atoms with Gasteiger partial charge in [0.25, 0.3) is 0 Å². The second-order valence-corrected chi connectivity index (χ2v) is 5.30. The molecule has 6 heteroatoms. The van der Waals surface area contributed by atoms with Crippen molar-refractivity contribution in [3.05, 3.63) is 59.9 Å². The largest absolute Gasteiger partial charge is 0.497 e. The summed E-state index contributed by atoms with van der Waals surface area (Å²) in [5.74, 6) is 0.609. The number of carbonyl (C=O) groups is 2. The summed E-state index contributed by atoms with van der Waals surface area (Å²) in [7, 11) is 1.59. The lowest BCUT2D eigenvalue weighted by molar-refractivity contribution is -0.121. The number of hydrogen-bond acceptors (Lipinski definition) is 4. The van der Waals surface area contributed by atoms with Gasteiger partial charge in [0.15, 0.2) is 5.78 Å². The average Bonchev–Trinajstić information content (AvgIpc) is 2.64. The van der Waals surface area contributed by atoms with Gasteiger partial charge in [-0.3, -0.25) is 9.59 Å². The summed E-state index contributed by atoms with van der Waals surface area (Å²) in [6, 6.07) is 12.4. The minimum Gasteiger partial charge on any atom is -0.497 e. The summed E-state index contributed by atoms with van der Waals surface area (Å²) in [6.07, 6.45) is 0.162. The van der Waals surface area contributed by atoms with E-state index in [2.05, 4.69) is 5.32 Å². The molecule has 0 fully saturated rings. The second-order valence-electron chi connectivity index (χ2n) is 5.30. The summed E-state index contributed by atoms with van der Waals surface area (Å²) in [5.41, 5.74) is 0.400. The molecule has 0 bridgehead atoms. The van der Waals surface area contributed by atoms with Crippen LogP contribution >= 0.6 is 0 Å². The molecule has 132 valence electrons. The number of benzene rings is 2. The summed E-state index contributed by atoms with van der Waals surface area (Å²) in [5, 5.41) is 2.69. The Balaban J connectivity index is 1.63. The highest BCUT2D eigenvalue weighted by Gasteiger charge is 2.09. The molecule has 0 saturated carbocycles. The molecule has 1 N–H and O–H groups in total. The van der Waals surface area contributed by atoms with Crippen LogP contribution in [0, 0.1) is 5.82 Å². The smallest absolute Gasteiger partial charge is 0.220 e. The Morgan fingerprint density at radius 2 is 1.60 bits per heavy atom. The number of methoxy groups -OCH3 is 1. The van der Waals surface area contributed by atoms with E-state index in [0.717, 1.165) is 5.75 Å². The lowest BCUT2D eigenvalue weighted by Gasteiger charge is -2.08. The van der Waals surface area contributed by atoms with Crippen molar-refractivity contribution in [1.82, 2.24) is 5.32 Å². The first-order valence-corrected chi connectivity index (χ1v) is 7.91. The molecular weight excluding hydrogens is 325 g/mol. The van der Waals surface area contributed by atoms with Gasteiger partial charge in [-0.25, -0.2) is 4.39 Å². The van der Waals surface area contributed by atoms with E-state index in [0.29, 0.717) is 24.5 Å². The molecular formula is C19H20FNO4. The fourth-order valence-electron chi connectivity index (χ4n) is 2.13. The predicted molar refractivity (Wildman–Crippen MR) is 91.5 cm³/mol. The number of ketones is 1. The van der Waals surface area contributed by atoms with Gasteiger partial charge in [0, 0.05) is 18.4 Å². The van der Waals surface area contributed by atoms with Crippen LogP contribution in [-0.2, 0) is 4.79 Å². The Kier molecular flexibility index (Phi) is 6.95. The Labute approximate surface area is 145 Å². The number of halogens is 1. The molecule has 1 amide bonds. The third-order valence-corrected chi connectivity index (χ3v) is 3.50. The van der Waals surface area contributed by atoms with E-state index < -0.39 is 5.82 Å². The normalized spacial score (nSPS) is 10.2. The van der Waals surface area contributed by atoms with Gasteiger partial charge in [0.1, 0.15) is 23.9 Å². The maximum atomic E-state index is 12.8. The van der Waals surface area contributed by atoms with Crippen molar-refractivity contribution in [2.24, 2.45) is 0 Å². The zero-order valence-electron chi connectivity index (χ0n) is 14.0. The van der Waals surface area contributed by atoms with Gasteiger partial charge in [-0.05, 0) is 48.5 Å². The van der Waals surface area contributed by atoms with E-state index in [1.54, 1.807) is 31.4 Å². The SMILES string of the molecule is COc1ccc(OCCNC(=O)CCC(=O)c2ccc(F)cc2)cc1. The van der Waals surface area contributed by atoms with Crippen LogP contribution in [0.2, 0.25) is 0 Å². The van der Waals surface area contributed by atoms with E-state index in [9.17, 15) is 14.0 Å². The molecule has 0 heterocycles. The number of amides is 1. The molecule has 0 radical (unpaired) electrons. The third-order valence-electron chi connectivity index (χ3n) is 3.50. The van der Waals surface area contributed by atoms with E-state index in [1.165, 1.54) is 24.3 Å².